The maximum absolute atomic E-state index is 6.07. The number of rotatable bonds is 4. The van der Waals surface area contributed by atoms with Crippen LogP contribution in [0.25, 0.3) is 11.3 Å². The first-order valence-corrected chi connectivity index (χ1v) is 10.1. The molecule has 2 aromatic heterocycles. The smallest absolute Gasteiger partial charge is 0.129 e. The van der Waals surface area contributed by atoms with Gasteiger partial charge in [0.25, 0.3) is 0 Å². The first-order chi connectivity index (χ1) is 12.7. The molecule has 0 fully saturated rings. The molecule has 0 saturated carbocycles. The van der Waals surface area contributed by atoms with Crippen LogP contribution < -0.4 is 0 Å². The van der Waals surface area contributed by atoms with Crippen molar-refractivity contribution >= 4 is 23.1 Å². The topological polar surface area (TPSA) is 41.9 Å². The van der Waals surface area contributed by atoms with Crippen molar-refractivity contribution in [2.45, 2.75) is 32.7 Å². The predicted molar refractivity (Wildman–Crippen MR) is 107 cm³/mol. The summed E-state index contributed by atoms with van der Waals surface area (Å²) < 4.78 is 4.22. The highest BCUT2D eigenvalue weighted by atomic mass is 35.5. The Morgan fingerprint density at radius 2 is 1.88 bits per heavy atom. The van der Waals surface area contributed by atoms with Crippen LogP contribution in [0.3, 0.4) is 0 Å². The van der Waals surface area contributed by atoms with E-state index in [1.165, 1.54) is 16.1 Å². The molecule has 134 valence electrons. The zero-order valence-corrected chi connectivity index (χ0v) is 16.4. The van der Waals surface area contributed by atoms with Gasteiger partial charge in [-0.3, -0.25) is 4.90 Å². The van der Waals surface area contributed by atoms with Crippen molar-refractivity contribution in [1.29, 1.82) is 0 Å². The van der Waals surface area contributed by atoms with Gasteiger partial charge in [0.1, 0.15) is 5.82 Å². The summed E-state index contributed by atoms with van der Waals surface area (Å²) in [4.78, 5) is 13.5. The summed E-state index contributed by atoms with van der Waals surface area (Å²) >= 11 is 7.65. The van der Waals surface area contributed by atoms with E-state index < -0.39 is 0 Å². The van der Waals surface area contributed by atoms with E-state index in [9.17, 15) is 0 Å². The van der Waals surface area contributed by atoms with E-state index in [4.69, 9.17) is 21.6 Å². The number of halogens is 1. The van der Waals surface area contributed by atoms with Gasteiger partial charge in [-0.2, -0.15) is 0 Å². The molecule has 0 radical (unpaired) electrons. The third-order valence-corrected chi connectivity index (χ3v) is 5.77. The highest BCUT2D eigenvalue weighted by Crippen LogP contribution is 2.28. The molecule has 0 unspecified atom stereocenters. The minimum absolute atomic E-state index is 0.750. The molecule has 4 rings (SSSR count). The van der Waals surface area contributed by atoms with Crippen LogP contribution in [0.4, 0.5) is 0 Å². The van der Waals surface area contributed by atoms with Gasteiger partial charge in [0.2, 0.25) is 0 Å². The van der Waals surface area contributed by atoms with Gasteiger partial charge in [-0.1, -0.05) is 30.7 Å². The van der Waals surface area contributed by atoms with Gasteiger partial charge in [-0.15, -0.1) is 0 Å². The molecule has 1 aliphatic heterocycles. The number of hydrogen-bond acceptors (Lipinski definition) is 5. The van der Waals surface area contributed by atoms with Gasteiger partial charge < -0.3 is 0 Å². The molecule has 3 aromatic rings. The molecule has 3 heterocycles. The normalized spacial score (nSPS) is 14.8. The van der Waals surface area contributed by atoms with Crippen molar-refractivity contribution in [3.05, 3.63) is 63.5 Å². The lowest BCUT2D eigenvalue weighted by Crippen LogP contribution is -2.25. The molecule has 6 heteroatoms. The highest BCUT2D eigenvalue weighted by Gasteiger charge is 2.21. The Kier molecular flexibility index (Phi) is 5.29. The summed E-state index contributed by atoms with van der Waals surface area (Å²) in [6, 6.07) is 10.1. The fourth-order valence-electron chi connectivity index (χ4n) is 3.40. The molecule has 0 amide bonds. The Bertz CT molecular complexity index is 878. The van der Waals surface area contributed by atoms with Gasteiger partial charge in [0.05, 0.1) is 5.69 Å². The molecule has 1 aliphatic rings. The van der Waals surface area contributed by atoms with Crippen molar-refractivity contribution in [3.8, 4) is 11.3 Å². The number of fused-ring (bicyclic) bond motifs is 1. The predicted octanol–water partition coefficient (Wildman–Crippen LogP) is 4.42. The monoisotopic (exact) mass is 384 g/mol. The minimum atomic E-state index is 0.750. The Morgan fingerprint density at radius 3 is 2.62 bits per heavy atom. The average molecular weight is 385 g/mol. The third kappa shape index (κ3) is 3.80. The molecular weight excluding hydrogens is 364 g/mol. The van der Waals surface area contributed by atoms with Crippen LogP contribution in [0.15, 0.2) is 36.5 Å². The van der Waals surface area contributed by atoms with E-state index in [2.05, 4.69) is 34.4 Å². The van der Waals surface area contributed by atoms with Gasteiger partial charge in [0, 0.05) is 65.4 Å². The van der Waals surface area contributed by atoms with Gasteiger partial charge in [0.15, 0.2) is 0 Å². The molecule has 0 bridgehead atoms. The summed E-state index contributed by atoms with van der Waals surface area (Å²) in [7, 11) is 0. The van der Waals surface area contributed by atoms with Crippen LogP contribution in [-0.2, 0) is 25.8 Å². The molecule has 0 aliphatic carbocycles. The lowest BCUT2D eigenvalue weighted by atomic mass is 10.0. The first-order valence-electron chi connectivity index (χ1n) is 8.99. The number of hydrogen-bond donors (Lipinski definition) is 0. The van der Waals surface area contributed by atoms with Gasteiger partial charge in [-0.05, 0) is 36.2 Å². The van der Waals surface area contributed by atoms with Crippen molar-refractivity contribution in [1.82, 2.24) is 19.2 Å². The second-order valence-electron chi connectivity index (χ2n) is 6.53. The first kappa shape index (κ1) is 17.6. The van der Waals surface area contributed by atoms with E-state index in [0.717, 1.165) is 61.0 Å². The van der Waals surface area contributed by atoms with E-state index >= 15 is 0 Å². The average Bonchev–Trinajstić information content (AvgIpc) is 3.09. The van der Waals surface area contributed by atoms with Crippen LogP contribution in [0, 0.1) is 0 Å². The highest BCUT2D eigenvalue weighted by molar-refractivity contribution is 7.05. The second kappa shape index (κ2) is 7.82. The van der Waals surface area contributed by atoms with E-state index in [1.54, 1.807) is 11.5 Å². The molecule has 4 nitrogen and oxygen atoms in total. The van der Waals surface area contributed by atoms with E-state index in [0.29, 0.717) is 0 Å². The number of aromatic nitrogens is 3. The zero-order chi connectivity index (χ0) is 17.9. The Hall–Kier alpha value is -1.82. The minimum Gasteiger partial charge on any atom is -0.297 e. The fourth-order valence-corrected chi connectivity index (χ4v) is 4.15. The van der Waals surface area contributed by atoms with Crippen LogP contribution in [0.2, 0.25) is 5.02 Å². The lowest BCUT2D eigenvalue weighted by molar-refractivity contribution is 0.281. The van der Waals surface area contributed by atoms with Crippen LogP contribution in [0.5, 0.6) is 0 Å². The molecule has 0 N–H and O–H groups in total. The summed E-state index contributed by atoms with van der Waals surface area (Å²) in [5, 5.41) is 0.750. The van der Waals surface area contributed by atoms with E-state index in [-0.39, 0.29) is 0 Å². The van der Waals surface area contributed by atoms with Crippen molar-refractivity contribution in [2.75, 3.05) is 13.1 Å². The Labute approximate surface area is 163 Å². The number of aryl methyl sites for hydroxylation is 1. The van der Waals surface area contributed by atoms with Crippen molar-refractivity contribution in [3.63, 3.8) is 0 Å². The summed E-state index contributed by atoms with van der Waals surface area (Å²) in [5.41, 5.74) is 4.69. The lowest BCUT2D eigenvalue weighted by Gasteiger charge is -2.18. The molecule has 0 atom stereocenters. The molecule has 26 heavy (non-hydrogen) atoms. The standard InChI is InChI=1S/C20H21ClN4S/c1-2-19-23-18-9-12-25(13-16-7-10-22-26-16)11-8-17(18)20(24-19)14-3-5-15(21)6-4-14/h3-7,10H,2,8-9,11-13H2,1H3. The summed E-state index contributed by atoms with van der Waals surface area (Å²) in [6.07, 6.45) is 4.66. The largest absolute Gasteiger partial charge is 0.297 e. The van der Waals surface area contributed by atoms with Gasteiger partial charge >= 0.3 is 0 Å². The number of nitrogens with zero attached hydrogens (tertiary/aromatic N) is 4. The fraction of sp³-hybridized carbons (Fsp3) is 0.350. The third-order valence-electron chi connectivity index (χ3n) is 4.79. The number of benzene rings is 1. The Morgan fingerprint density at radius 1 is 1.08 bits per heavy atom. The molecule has 0 saturated heterocycles. The van der Waals surface area contributed by atoms with Crippen LogP contribution in [-0.4, -0.2) is 32.3 Å². The van der Waals surface area contributed by atoms with Crippen molar-refractivity contribution in [2.24, 2.45) is 0 Å². The molecular formula is C20H21ClN4S. The Balaban J connectivity index is 1.65. The molecule has 1 aromatic carbocycles. The SMILES string of the molecule is CCc1nc2c(c(-c3ccc(Cl)cc3)n1)CCN(Cc1ccns1)CC2. The molecule has 0 spiro atoms. The van der Waals surface area contributed by atoms with E-state index in [1.807, 2.05) is 18.3 Å². The zero-order valence-electron chi connectivity index (χ0n) is 14.8. The van der Waals surface area contributed by atoms with Gasteiger partial charge in [-0.25, -0.2) is 14.3 Å². The second-order valence-corrected chi connectivity index (χ2v) is 7.88. The summed E-state index contributed by atoms with van der Waals surface area (Å²) in [5.74, 6) is 0.921. The van der Waals surface area contributed by atoms with Crippen molar-refractivity contribution < 1.29 is 0 Å². The maximum atomic E-state index is 6.07. The summed E-state index contributed by atoms with van der Waals surface area (Å²) in [6.45, 7) is 5.11. The van der Waals surface area contributed by atoms with Crippen LogP contribution >= 0.6 is 23.1 Å². The quantitative estimate of drug-likeness (QED) is 0.667. The maximum Gasteiger partial charge on any atom is 0.129 e. The van der Waals surface area contributed by atoms with Crippen LogP contribution in [0.1, 0.15) is 28.9 Å².